The lowest BCUT2D eigenvalue weighted by molar-refractivity contribution is 0.1000. The van der Waals surface area contributed by atoms with Crippen LogP contribution in [0.3, 0.4) is 0 Å². The van der Waals surface area contributed by atoms with Gasteiger partial charge in [-0.1, -0.05) is 46.4 Å². The number of primary amides is 1. The standard InChI is InChI=1S/C11H5Cl4NO3/c12-8(13)7-5-3-4(10(16)17)1-2-6(5)18-11(19-7)9(14)15/h1-3H,(H2,16,17). The van der Waals surface area contributed by atoms with Gasteiger partial charge in [-0.15, -0.1) is 0 Å². The molecule has 1 aromatic carbocycles. The largest absolute Gasteiger partial charge is 0.423 e. The molecule has 0 fully saturated rings. The second-order valence-corrected chi connectivity index (χ2v) is 5.32. The summed E-state index contributed by atoms with van der Waals surface area (Å²) in [4.78, 5) is 11.1. The first-order valence-corrected chi connectivity index (χ1v) is 6.32. The molecule has 1 aliphatic heterocycles. The highest BCUT2D eigenvalue weighted by Crippen LogP contribution is 2.41. The summed E-state index contributed by atoms with van der Waals surface area (Å²) < 4.78 is 10.1. The van der Waals surface area contributed by atoms with E-state index in [1.165, 1.54) is 18.2 Å². The molecule has 4 nitrogen and oxygen atoms in total. The number of hydrogen-bond donors (Lipinski definition) is 1. The minimum atomic E-state index is -0.607. The van der Waals surface area contributed by atoms with Crippen LogP contribution in [0.2, 0.25) is 0 Å². The molecule has 0 bridgehead atoms. The number of rotatable bonds is 1. The summed E-state index contributed by atoms with van der Waals surface area (Å²) in [6.45, 7) is 0. The molecule has 0 aliphatic carbocycles. The molecule has 0 saturated heterocycles. The molecule has 1 aromatic rings. The summed E-state index contributed by atoms with van der Waals surface area (Å²) in [5.41, 5.74) is 5.81. The summed E-state index contributed by atoms with van der Waals surface area (Å²) in [5, 5.41) is 0. The monoisotopic (exact) mass is 339 g/mol. The van der Waals surface area contributed by atoms with E-state index in [-0.39, 0.29) is 26.3 Å². The van der Waals surface area contributed by atoms with Gasteiger partial charge >= 0.3 is 5.95 Å². The fraction of sp³-hybridized carbons (Fsp3) is 0. The maximum absolute atomic E-state index is 11.1. The van der Waals surface area contributed by atoms with Crippen molar-refractivity contribution in [2.45, 2.75) is 0 Å². The first kappa shape index (κ1) is 14.3. The molecule has 8 heteroatoms. The SMILES string of the molecule is NC(=O)c1ccc2c(c1)C(=C(Cl)Cl)OC(=C(Cl)Cl)O2. The van der Waals surface area contributed by atoms with E-state index >= 15 is 0 Å². The fourth-order valence-corrected chi connectivity index (χ4v) is 1.87. The Balaban J connectivity index is 2.63. The average Bonchev–Trinajstić information content (AvgIpc) is 2.36. The van der Waals surface area contributed by atoms with Crippen molar-refractivity contribution in [2.24, 2.45) is 5.73 Å². The van der Waals surface area contributed by atoms with E-state index < -0.39 is 5.91 Å². The third kappa shape index (κ3) is 2.92. The van der Waals surface area contributed by atoms with Crippen molar-refractivity contribution >= 4 is 58.1 Å². The molecule has 0 saturated carbocycles. The summed E-state index contributed by atoms with van der Waals surface area (Å²) in [5.74, 6) is -0.360. The highest BCUT2D eigenvalue weighted by Gasteiger charge is 2.26. The first-order valence-electron chi connectivity index (χ1n) is 4.80. The first-order chi connectivity index (χ1) is 8.90. The number of fused-ring (bicyclic) bond motifs is 1. The van der Waals surface area contributed by atoms with E-state index in [0.29, 0.717) is 11.3 Å². The van der Waals surface area contributed by atoms with Crippen LogP contribution in [-0.4, -0.2) is 5.91 Å². The van der Waals surface area contributed by atoms with Gasteiger partial charge < -0.3 is 15.2 Å². The quantitative estimate of drug-likeness (QED) is 0.843. The highest BCUT2D eigenvalue weighted by molar-refractivity contribution is 6.58. The van der Waals surface area contributed by atoms with Gasteiger partial charge in [0, 0.05) is 5.56 Å². The second-order valence-electron chi connectivity index (χ2n) is 3.42. The Bertz CT molecular complexity index is 616. The van der Waals surface area contributed by atoms with Crippen LogP contribution in [0.4, 0.5) is 0 Å². The Hall–Kier alpha value is -1.07. The lowest BCUT2D eigenvalue weighted by Crippen LogP contribution is -2.14. The number of carbonyl (C=O) groups excluding carboxylic acids is 1. The molecular formula is C11H5Cl4NO3. The van der Waals surface area contributed by atoms with Crippen molar-refractivity contribution in [2.75, 3.05) is 0 Å². The van der Waals surface area contributed by atoms with Crippen LogP contribution < -0.4 is 10.5 Å². The smallest absolute Gasteiger partial charge is 0.322 e. The lowest BCUT2D eigenvalue weighted by atomic mass is 10.1. The molecule has 100 valence electrons. The van der Waals surface area contributed by atoms with Gasteiger partial charge in [-0.05, 0) is 18.2 Å². The maximum Gasteiger partial charge on any atom is 0.322 e. The summed E-state index contributed by atoms with van der Waals surface area (Å²) >= 11 is 22.6. The van der Waals surface area contributed by atoms with Crippen molar-refractivity contribution in [1.29, 1.82) is 0 Å². The maximum atomic E-state index is 11.1. The summed E-state index contributed by atoms with van der Waals surface area (Å²) in [6.07, 6.45) is 0. The van der Waals surface area contributed by atoms with Crippen LogP contribution in [0.5, 0.6) is 5.75 Å². The van der Waals surface area contributed by atoms with Crippen molar-refractivity contribution in [3.05, 3.63) is 44.3 Å². The molecule has 0 aromatic heterocycles. The molecule has 2 rings (SSSR count). The number of benzene rings is 1. The predicted octanol–water partition coefficient (Wildman–Crippen LogP) is 3.90. The van der Waals surface area contributed by atoms with Gasteiger partial charge in [-0.3, -0.25) is 4.79 Å². The fourth-order valence-electron chi connectivity index (χ4n) is 1.44. The van der Waals surface area contributed by atoms with Crippen LogP contribution in [0.25, 0.3) is 5.76 Å². The molecule has 0 atom stereocenters. The third-order valence-electron chi connectivity index (χ3n) is 2.23. The molecule has 0 spiro atoms. The van der Waals surface area contributed by atoms with Crippen LogP contribution >= 0.6 is 46.4 Å². The number of nitrogens with two attached hydrogens (primary N) is 1. The van der Waals surface area contributed by atoms with Crippen molar-refractivity contribution in [1.82, 2.24) is 0 Å². The number of hydrogen-bond acceptors (Lipinski definition) is 3. The minimum absolute atomic E-state index is 0.0708. The van der Waals surface area contributed by atoms with Crippen LogP contribution in [-0.2, 0) is 4.74 Å². The van der Waals surface area contributed by atoms with Crippen molar-refractivity contribution < 1.29 is 14.3 Å². The molecule has 0 unspecified atom stereocenters. The highest BCUT2D eigenvalue weighted by atomic mass is 35.5. The Morgan fingerprint density at radius 2 is 1.74 bits per heavy atom. The molecule has 19 heavy (non-hydrogen) atoms. The minimum Gasteiger partial charge on any atom is -0.423 e. The zero-order chi connectivity index (χ0) is 14.2. The van der Waals surface area contributed by atoms with E-state index in [2.05, 4.69) is 0 Å². The van der Waals surface area contributed by atoms with Crippen LogP contribution in [0.1, 0.15) is 15.9 Å². The van der Waals surface area contributed by atoms with E-state index in [9.17, 15) is 4.79 Å². The van der Waals surface area contributed by atoms with E-state index in [0.717, 1.165) is 0 Å². The molecule has 1 aliphatic rings. The van der Waals surface area contributed by atoms with Gasteiger partial charge in [0.05, 0.1) is 5.56 Å². The zero-order valence-electron chi connectivity index (χ0n) is 9.05. The van der Waals surface area contributed by atoms with Gasteiger partial charge in [0.1, 0.15) is 10.2 Å². The number of carbonyl (C=O) groups is 1. The van der Waals surface area contributed by atoms with Crippen LogP contribution in [0.15, 0.2) is 33.1 Å². The van der Waals surface area contributed by atoms with E-state index in [1.54, 1.807) is 0 Å². The number of halogens is 4. The van der Waals surface area contributed by atoms with Gasteiger partial charge in [0.2, 0.25) is 5.91 Å². The summed E-state index contributed by atoms with van der Waals surface area (Å²) in [7, 11) is 0. The molecule has 1 amide bonds. The number of amides is 1. The zero-order valence-corrected chi connectivity index (χ0v) is 12.1. The Kier molecular flexibility index (Phi) is 4.16. The number of ether oxygens (including phenoxy) is 2. The third-order valence-corrected chi connectivity index (χ3v) is 2.88. The van der Waals surface area contributed by atoms with Gasteiger partial charge in [0.25, 0.3) is 0 Å². The van der Waals surface area contributed by atoms with Gasteiger partial charge in [-0.2, -0.15) is 0 Å². The normalized spacial score (nSPS) is 13.3. The van der Waals surface area contributed by atoms with Gasteiger partial charge in [-0.25, -0.2) is 0 Å². The topological polar surface area (TPSA) is 61.6 Å². The summed E-state index contributed by atoms with van der Waals surface area (Å²) in [6, 6.07) is 4.42. The average molecular weight is 341 g/mol. The second kappa shape index (κ2) is 5.51. The Morgan fingerprint density at radius 3 is 2.26 bits per heavy atom. The van der Waals surface area contributed by atoms with E-state index in [1.807, 2.05) is 0 Å². The predicted molar refractivity (Wildman–Crippen MR) is 74.0 cm³/mol. The molecular weight excluding hydrogens is 336 g/mol. The van der Waals surface area contributed by atoms with Crippen molar-refractivity contribution in [3.63, 3.8) is 0 Å². The Labute approximate surface area is 128 Å². The van der Waals surface area contributed by atoms with Crippen molar-refractivity contribution in [3.8, 4) is 5.75 Å². The van der Waals surface area contributed by atoms with Gasteiger partial charge in [0.15, 0.2) is 10.3 Å². The molecule has 1 heterocycles. The lowest BCUT2D eigenvalue weighted by Gasteiger charge is -2.22. The van der Waals surface area contributed by atoms with Crippen LogP contribution in [0, 0.1) is 0 Å². The molecule has 2 N–H and O–H groups in total. The Morgan fingerprint density at radius 1 is 1.05 bits per heavy atom. The van der Waals surface area contributed by atoms with E-state index in [4.69, 9.17) is 61.6 Å². The molecule has 0 radical (unpaired) electrons.